The molecule has 0 saturated carbocycles. The zero-order valence-electron chi connectivity index (χ0n) is 11.7. The molecule has 104 valence electrons. The third-order valence-electron chi connectivity index (χ3n) is 3.27. The lowest BCUT2D eigenvalue weighted by Gasteiger charge is -2.04. The molecule has 1 aromatic heterocycles. The van der Waals surface area contributed by atoms with Gasteiger partial charge in [0.25, 0.3) is 0 Å². The first-order valence-electron chi connectivity index (χ1n) is 6.80. The molecule has 0 atom stereocenters. The predicted molar refractivity (Wildman–Crippen MR) is 88.0 cm³/mol. The zero-order chi connectivity index (χ0) is 14.7. The standard InChI is InChI=1S/C18H15NOS/c1-13-5-4-7-16(9-13)21-12-18(20)15-10-14-6-2-3-8-17(14)19-11-15/h2-11H,12H2,1H3. The summed E-state index contributed by atoms with van der Waals surface area (Å²) in [5.74, 6) is 0.545. The Kier molecular flexibility index (Phi) is 4.02. The molecule has 2 nitrogen and oxygen atoms in total. The molecule has 0 aliphatic rings. The highest BCUT2D eigenvalue weighted by Crippen LogP contribution is 2.21. The van der Waals surface area contributed by atoms with Crippen LogP contribution in [0, 0.1) is 6.92 Å². The van der Waals surface area contributed by atoms with Gasteiger partial charge in [-0.2, -0.15) is 0 Å². The average Bonchev–Trinajstić information content (AvgIpc) is 2.52. The third-order valence-corrected chi connectivity index (χ3v) is 4.27. The highest BCUT2D eigenvalue weighted by molar-refractivity contribution is 8.00. The summed E-state index contributed by atoms with van der Waals surface area (Å²) in [4.78, 5) is 17.7. The maximum absolute atomic E-state index is 12.3. The van der Waals surface area contributed by atoms with E-state index in [0.717, 1.165) is 15.8 Å². The highest BCUT2D eigenvalue weighted by atomic mass is 32.2. The number of hydrogen-bond acceptors (Lipinski definition) is 3. The number of hydrogen-bond donors (Lipinski definition) is 0. The van der Waals surface area contributed by atoms with Crippen LogP contribution >= 0.6 is 11.8 Å². The van der Waals surface area contributed by atoms with E-state index >= 15 is 0 Å². The molecule has 3 heteroatoms. The van der Waals surface area contributed by atoms with Crippen LogP contribution in [0.5, 0.6) is 0 Å². The number of ketones is 1. The topological polar surface area (TPSA) is 30.0 Å². The number of rotatable bonds is 4. The summed E-state index contributed by atoms with van der Waals surface area (Å²) in [7, 11) is 0. The molecule has 1 heterocycles. The van der Waals surface area contributed by atoms with Crippen LogP contribution in [0.15, 0.2) is 65.7 Å². The van der Waals surface area contributed by atoms with Gasteiger partial charge < -0.3 is 0 Å². The fourth-order valence-corrected chi connectivity index (χ4v) is 3.07. The second-order valence-electron chi connectivity index (χ2n) is 4.95. The normalized spacial score (nSPS) is 10.7. The van der Waals surface area contributed by atoms with Gasteiger partial charge in [-0.25, -0.2) is 0 Å². The van der Waals surface area contributed by atoms with Gasteiger partial charge in [-0.1, -0.05) is 35.9 Å². The molecule has 2 aromatic carbocycles. The maximum Gasteiger partial charge on any atom is 0.174 e. The van der Waals surface area contributed by atoms with Crippen LogP contribution in [0.1, 0.15) is 15.9 Å². The summed E-state index contributed by atoms with van der Waals surface area (Å²) in [5.41, 5.74) is 2.80. The summed E-state index contributed by atoms with van der Waals surface area (Å²) >= 11 is 1.57. The Hall–Kier alpha value is -2.13. The molecule has 0 amide bonds. The van der Waals surface area contributed by atoms with Gasteiger partial charge in [0, 0.05) is 22.0 Å². The predicted octanol–water partition coefficient (Wildman–Crippen LogP) is 4.52. The third kappa shape index (κ3) is 3.31. The quantitative estimate of drug-likeness (QED) is 0.523. The lowest BCUT2D eigenvalue weighted by Crippen LogP contribution is -2.03. The van der Waals surface area contributed by atoms with Gasteiger partial charge in [-0.05, 0) is 31.2 Å². The SMILES string of the molecule is Cc1cccc(SCC(=O)c2cnc3ccccc3c2)c1. The monoisotopic (exact) mass is 293 g/mol. The summed E-state index contributed by atoms with van der Waals surface area (Å²) in [5, 5.41) is 1.00. The summed E-state index contributed by atoms with van der Waals surface area (Å²) in [6.45, 7) is 2.05. The van der Waals surface area contributed by atoms with E-state index in [1.165, 1.54) is 5.56 Å². The molecule has 0 saturated heterocycles. The lowest BCUT2D eigenvalue weighted by molar-refractivity contribution is 0.102. The minimum absolute atomic E-state index is 0.111. The molecule has 21 heavy (non-hydrogen) atoms. The van der Waals surface area contributed by atoms with Crippen LogP contribution in [0.3, 0.4) is 0 Å². The first-order valence-corrected chi connectivity index (χ1v) is 7.78. The number of carbonyl (C=O) groups is 1. The number of para-hydroxylation sites is 1. The van der Waals surface area contributed by atoms with E-state index in [2.05, 4.69) is 24.0 Å². The minimum atomic E-state index is 0.111. The molecule has 0 bridgehead atoms. The fraction of sp³-hybridized carbons (Fsp3) is 0.111. The van der Waals surface area contributed by atoms with Crippen LogP contribution in [0.2, 0.25) is 0 Å². The molecular formula is C18H15NOS. The molecule has 0 spiro atoms. The van der Waals surface area contributed by atoms with Crippen molar-refractivity contribution < 1.29 is 4.79 Å². The Morgan fingerprint density at radius 3 is 2.81 bits per heavy atom. The molecule has 0 fully saturated rings. The number of aryl methyl sites for hydroxylation is 1. The molecule has 0 aliphatic heterocycles. The van der Waals surface area contributed by atoms with Gasteiger partial charge in [-0.3, -0.25) is 9.78 Å². The van der Waals surface area contributed by atoms with E-state index in [4.69, 9.17) is 0 Å². The Bertz CT molecular complexity index is 798. The van der Waals surface area contributed by atoms with Crippen molar-refractivity contribution >= 4 is 28.4 Å². The van der Waals surface area contributed by atoms with Crippen molar-refractivity contribution in [1.29, 1.82) is 0 Å². The number of thioether (sulfide) groups is 1. The van der Waals surface area contributed by atoms with E-state index in [-0.39, 0.29) is 5.78 Å². The van der Waals surface area contributed by atoms with Crippen molar-refractivity contribution in [2.45, 2.75) is 11.8 Å². The Balaban J connectivity index is 1.74. The van der Waals surface area contributed by atoms with Gasteiger partial charge in [0.2, 0.25) is 0 Å². The molecular weight excluding hydrogens is 278 g/mol. The minimum Gasteiger partial charge on any atom is -0.293 e. The maximum atomic E-state index is 12.3. The summed E-state index contributed by atoms with van der Waals surface area (Å²) in [6.07, 6.45) is 1.67. The molecule has 0 N–H and O–H groups in total. The van der Waals surface area contributed by atoms with E-state index in [9.17, 15) is 4.79 Å². The van der Waals surface area contributed by atoms with Crippen molar-refractivity contribution in [3.8, 4) is 0 Å². The molecule has 0 aliphatic carbocycles. The van der Waals surface area contributed by atoms with Crippen molar-refractivity contribution in [2.24, 2.45) is 0 Å². The van der Waals surface area contributed by atoms with Crippen LogP contribution < -0.4 is 0 Å². The van der Waals surface area contributed by atoms with Crippen molar-refractivity contribution in [3.05, 3.63) is 71.9 Å². The summed E-state index contributed by atoms with van der Waals surface area (Å²) in [6, 6.07) is 17.9. The van der Waals surface area contributed by atoms with Gasteiger partial charge >= 0.3 is 0 Å². The Labute approximate surface area is 128 Å². The first-order chi connectivity index (χ1) is 10.2. The lowest BCUT2D eigenvalue weighted by atomic mass is 10.1. The van der Waals surface area contributed by atoms with E-state index in [1.807, 2.05) is 42.5 Å². The van der Waals surface area contributed by atoms with Gasteiger partial charge in [0.15, 0.2) is 5.78 Å². The smallest absolute Gasteiger partial charge is 0.174 e. The van der Waals surface area contributed by atoms with Crippen LogP contribution in [0.4, 0.5) is 0 Å². The summed E-state index contributed by atoms with van der Waals surface area (Å²) < 4.78 is 0. The van der Waals surface area contributed by atoms with Gasteiger partial charge in [0.1, 0.15) is 0 Å². The van der Waals surface area contributed by atoms with Crippen LogP contribution in [-0.2, 0) is 0 Å². The molecule has 0 unspecified atom stereocenters. The second-order valence-corrected chi connectivity index (χ2v) is 5.99. The van der Waals surface area contributed by atoms with E-state index < -0.39 is 0 Å². The highest BCUT2D eigenvalue weighted by Gasteiger charge is 2.08. The van der Waals surface area contributed by atoms with E-state index in [0.29, 0.717) is 11.3 Å². The number of Topliss-reactive ketones (excluding diaryl/α,β-unsaturated/α-hetero) is 1. The van der Waals surface area contributed by atoms with Crippen molar-refractivity contribution in [3.63, 3.8) is 0 Å². The van der Waals surface area contributed by atoms with E-state index in [1.54, 1.807) is 18.0 Å². The second kappa shape index (κ2) is 6.10. The number of benzene rings is 2. The molecule has 3 aromatic rings. The average molecular weight is 293 g/mol. The van der Waals surface area contributed by atoms with Crippen molar-refractivity contribution in [1.82, 2.24) is 4.98 Å². The largest absolute Gasteiger partial charge is 0.293 e. The Morgan fingerprint density at radius 2 is 1.95 bits per heavy atom. The number of fused-ring (bicyclic) bond motifs is 1. The van der Waals surface area contributed by atoms with Crippen molar-refractivity contribution in [2.75, 3.05) is 5.75 Å². The number of nitrogens with zero attached hydrogens (tertiary/aromatic N) is 1. The zero-order valence-corrected chi connectivity index (χ0v) is 12.6. The Morgan fingerprint density at radius 1 is 1.10 bits per heavy atom. The van der Waals surface area contributed by atoms with Gasteiger partial charge in [-0.15, -0.1) is 11.8 Å². The number of pyridine rings is 1. The molecule has 0 radical (unpaired) electrons. The van der Waals surface area contributed by atoms with Crippen LogP contribution in [-0.4, -0.2) is 16.5 Å². The first kappa shape index (κ1) is 13.8. The molecule has 3 rings (SSSR count). The van der Waals surface area contributed by atoms with Crippen LogP contribution in [0.25, 0.3) is 10.9 Å². The van der Waals surface area contributed by atoms with Gasteiger partial charge in [0.05, 0.1) is 11.3 Å². The number of aromatic nitrogens is 1. The fourth-order valence-electron chi connectivity index (χ4n) is 2.16. The number of carbonyl (C=O) groups excluding carboxylic acids is 1.